The molecular formula is C15H16N4O3. The van der Waals surface area contributed by atoms with E-state index >= 15 is 0 Å². The second-order valence-electron chi connectivity index (χ2n) is 4.37. The molecule has 4 N–H and O–H groups in total. The Morgan fingerprint density at radius 1 is 0.955 bits per heavy atom. The lowest BCUT2D eigenvalue weighted by atomic mass is 10.2. The maximum Gasteiger partial charge on any atom is 0.323 e. The van der Waals surface area contributed by atoms with Crippen LogP contribution in [0, 0.1) is 0 Å². The van der Waals surface area contributed by atoms with E-state index in [0.29, 0.717) is 16.9 Å². The molecule has 1 aromatic carbocycles. The number of amides is 3. The van der Waals surface area contributed by atoms with E-state index in [1.165, 1.54) is 0 Å². The number of aliphatic hydroxyl groups excluding tert-OH is 1. The molecule has 0 atom stereocenters. The van der Waals surface area contributed by atoms with Crippen LogP contribution < -0.4 is 16.0 Å². The van der Waals surface area contributed by atoms with Crippen molar-refractivity contribution < 1.29 is 14.7 Å². The van der Waals surface area contributed by atoms with Crippen LogP contribution in [0.15, 0.2) is 48.8 Å². The van der Waals surface area contributed by atoms with Crippen molar-refractivity contribution >= 4 is 23.3 Å². The Bertz CT molecular complexity index is 629. The minimum atomic E-state index is -0.385. The first-order valence-electron chi connectivity index (χ1n) is 6.66. The third-order valence-corrected chi connectivity index (χ3v) is 2.74. The largest absolute Gasteiger partial charge is 0.395 e. The summed E-state index contributed by atoms with van der Waals surface area (Å²) in [5, 5.41) is 16.5. The number of aliphatic hydroxyl groups is 1. The molecule has 0 bridgehead atoms. The molecule has 22 heavy (non-hydrogen) atoms. The summed E-state index contributed by atoms with van der Waals surface area (Å²) in [5.41, 5.74) is 1.64. The zero-order chi connectivity index (χ0) is 15.8. The average Bonchev–Trinajstić information content (AvgIpc) is 2.54. The van der Waals surface area contributed by atoms with Crippen LogP contribution in [0.2, 0.25) is 0 Å². The van der Waals surface area contributed by atoms with E-state index in [2.05, 4.69) is 20.9 Å². The van der Waals surface area contributed by atoms with Crippen LogP contribution in [0.5, 0.6) is 0 Å². The Labute approximate surface area is 127 Å². The summed E-state index contributed by atoms with van der Waals surface area (Å²) in [6.07, 6.45) is 3.16. The molecule has 0 aliphatic carbocycles. The van der Waals surface area contributed by atoms with Crippen LogP contribution in [0.3, 0.4) is 0 Å². The van der Waals surface area contributed by atoms with Gasteiger partial charge in [-0.25, -0.2) is 4.79 Å². The van der Waals surface area contributed by atoms with Crippen LogP contribution in [-0.4, -0.2) is 35.2 Å². The average molecular weight is 300 g/mol. The minimum Gasteiger partial charge on any atom is -0.395 e. The van der Waals surface area contributed by atoms with Gasteiger partial charge < -0.3 is 21.1 Å². The molecule has 0 aliphatic heterocycles. The lowest BCUT2D eigenvalue weighted by Gasteiger charge is -2.08. The highest BCUT2D eigenvalue weighted by atomic mass is 16.3. The summed E-state index contributed by atoms with van der Waals surface area (Å²) in [4.78, 5) is 27.3. The van der Waals surface area contributed by atoms with Gasteiger partial charge in [0.1, 0.15) is 0 Å². The first kappa shape index (κ1) is 15.5. The number of rotatable bonds is 5. The van der Waals surface area contributed by atoms with Crippen LogP contribution in [0.1, 0.15) is 10.4 Å². The summed E-state index contributed by atoms with van der Waals surface area (Å²) >= 11 is 0. The topological polar surface area (TPSA) is 103 Å². The quantitative estimate of drug-likeness (QED) is 0.671. The molecular weight excluding hydrogens is 284 g/mol. The number of benzene rings is 1. The molecule has 0 fully saturated rings. The van der Waals surface area contributed by atoms with E-state index in [0.717, 1.165) is 0 Å². The van der Waals surface area contributed by atoms with E-state index in [9.17, 15) is 9.59 Å². The van der Waals surface area contributed by atoms with E-state index in [-0.39, 0.29) is 25.1 Å². The maximum atomic E-state index is 11.8. The number of pyridine rings is 1. The van der Waals surface area contributed by atoms with Crippen molar-refractivity contribution in [1.29, 1.82) is 0 Å². The second kappa shape index (κ2) is 7.75. The highest BCUT2D eigenvalue weighted by Gasteiger charge is 2.06. The second-order valence-corrected chi connectivity index (χ2v) is 4.37. The molecule has 2 rings (SSSR count). The third kappa shape index (κ3) is 4.57. The van der Waals surface area contributed by atoms with Gasteiger partial charge in [-0.2, -0.15) is 0 Å². The Kier molecular flexibility index (Phi) is 5.44. The number of urea groups is 1. The summed E-state index contributed by atoms with van der Waals surface area (Å²) < 4.78 is 0. The molecule has 0 radical (unpaired) electrons. The number of carbonyl (C=O) groups excluding carboxylic acids is 2. The predicted octanol–water partition coefficient (Wildman–Crippen LogP) is 1.45. The maximum absolute atomic E-state index is 11.8. The normalized spacial score (nSPS) is 9.86. The Morgan fingerprint density at radius 3 is 2.14 bits per heavy atom. The van der Waals surface area contributed by atoms with Crippen LogP contribution in [-0.2, 0) is 0 Å². The van der Waals surface area contributed by atoms with Gasteiger partial charge in [0.15, 0.2) is 0 Å². The fraction of sp³-hybridized carbons (Fsp3) is 0.133. The van der Waals surface area contributed by atoms with Gasteiger partial charge in [-0.05, 0) is 36.4 Å². The number of carbonyl (C=O) groups is 2. The Hall–Kier alpha value is -2.93. The molecule has 3 amide bonds. The number of aromatic nitrogens is 1. The Balaban J connectivity index is 1.90. The molecule has 7 heteroatoms. The first-order valence-corrected chi connectivity index (χ1v) is 6.66. The number of hydrogen-bond acceptors (Lipinski definition) is 4. The highest BCUT2D eigenvalue weighted by molar-refractivity contribution is 6.00. The van der Waals surface area contributed by atoms with E-state index in [1.807, 2.05) is 0 Å². The number of anilines is 2. The third-order valence-electron chi connectivity index (χ3n) is 2.74. The molecule has 2 aromatic rings. The van der Waals surface area contributed by atoms with Crippen molar-refractivity contribution in [1.82, 2.24) is 10.3 Å². The molecule has 0 saturated heterocycles. The summed E-state index contributed by atoms with van der Waals surface area (Å²) in [5.74, 6) is -0.276. The lowest BCUT2D eigenvalue weighted by Crippen LogP contribution is -2.26. The molecule has 0 aliphatic rings. The summed E-state index contributed by atoms with van der Waals surface area (Å²) in [6, 6.07) is 9.40. The van der Waals surface area contributed by atoms with Crippen LogP contribution in [0.25, 0.3) is 0 Å². The zero-order valence-corrected chi connectivity index (χ0v) is 11.7. The molecule has 0 spiro atoms. The van der Waals surface area contributed by atoms with Crippen molar-refractivity contribution in [2.45, 2.75) is 0 Å². The molecule has 1 aromatic heterocycles. The van der Waals surface area contributed by atoms with E-state index in [4.69, 9.17) is 5.11 Å². The predicted molar refractivity (Wildman–Crippen MR) is 82.7 cm³/mol. The van der Waals surface area contributed by atoms with Crippen molar-refractivity contribution in [2.75, 3.05) is 23.8 Å². The number of hydrogen-bond donors (Lipinski definition) is 4. The van der Waals surface area contributed by atoms with Crippen molar-refractivity contribution in [3.8, 4) is 0 Å². The SMILES string of the molecule is O=C(Nc1ccncc1)Nc1ccc(C(=O)NCCO)cc1. The minimum absolute atomic E-state index is 0.111. The van der Waals surface area contributed by atoms with Gasteiger partial charge >= 0.3 is 6.03 Å². The van der Waals surface area contributed by atoms with Gasteiger partial charge in [0.25, 0.3) is 5.91 Å². The van der Waals surface area contributed by atoms with Crippen molar-refractivity contribution in [2.24, 2.45) is 0 Å². The van der Waals surface area contributed by atoms with Gasteiger partial charge in [-0.1, -0.05) is 0 Å². The zero-order valence-electron chi connectivity index (χ0n) is 11.7. The lowest BCUT2D eigenvalue weighted by molar-refractivity contribution is 0.0945. The molecule has 0 unspecified atom stereocenters. The van der Waals surface area contributed by atoms with Gasteiger partial charge in [0, 0.05) is 35.9 Å². The summed E-state index contributed by atoms with van der Waals surface area (Å²) in [6.45, 7) is 0.0910. The number of nitrogens with one attached hydrogen (secondary N) is 3. The fourth-order valence-electron chi connectivity index (χ4n) is 1.71. The molecule has 0 saturated carbocycles. The monoisotopic (exact) mass is 300 g/mol. The highest BCUT2D eigenvalue weighted by Crippen LogP contribution is 2.11. The molecule has 1 heterocycles. The van der Waals surface area contributed by atoms with Gasteiger partial charge in [-0.3, -0.25) is 9.78 Å². The number of nitrogens with zero attached hydrogens (tertiary/aromatic N) is 1. The Morgan fingerprint density at radius 2 is 1.55 bits per heavy atom. The molecule has 114 valence electrons. The molecule has 7 nitrogen and oxygen atoms in total. The van der Waals surface area contributed by atoms with Gasteiger partial charge in [0.05, 0.1) is 6.61 Å². The van der Waals surface area contributed by atoms with E-state index < -0.39 is 0 Å². The van der Waals surface area contributed by atoms with Crippen molar-refractivity contribution in [3.05, 3.63) is 54.4 Å². The van der Waals surface area contributed by atoms with Crippen LogP contribution >= 0.6 is 0 Å². The van der Waals surface area contributed by atoms with Crippen LogP contribution in [0.4, 0.5) is 16.2 Å². The van der Waals surface area contributed by atoms with Crippen molar-refractivity contribution in [3.63, 3.8) is 0 Å². The standard InChI is InChI=1S/C15H16N4O3/c20-10-9-17-14(21)11-1-3-12(4-2-11)18-15(22)19-13-5-7-16-8-6-13/h1-8,20H,9-10H2,(H,17,21)(H2,16,18,19,22). The van der Waals surface area contributed by atoms with E-state index in [1.54, 1.807) is 48.8 Å². The van der Waals surface area contributed by atoms with Gasteiger partial charge in [-0.15, -0.1) is 0 Å². The fourth-order valence-corrected chi connectivity index (χ4v) is 1.71. The smallest absolute Gasteiger partial charge is 0.323 e. The summed E-state index contributed by atoms with van der Waals surface area (Å²) in [7, 11) is 0. The van der Waals surface area contributed by atoms with Gasteiger partial charge in [0.2, 0.25) is 0 Å². The first-order chi connectivity index (χ1) is 10.7.